The minimum Gasteiger partial charge on any atom is -0.491 e. The quantitative estimate of drug-likeness (QED) is 0.203. The Bertz CT molecular complexity index is 481. The fourth-order valence-corrected chi connectivity index (χ4v) is 4.11. The fourth-order valence-electron chi connectivity index (χ4n) is 1.62. The van der Waals surface area contributed by atoms with Gasteiger partial charge < -0.3 is 15.7 Å². The molecule has 0 aliphatic heterocycles. The molecule has 0 saturated heterocycles. The zero-order valence-electron chi connectivity index (χ0n) is 11.3. The van der Waals surface area contributed by atoms with E-state index in [4.69, 9.17) is 15.7 Å². The summed E-state index contributed by atoms with van der Waals surface area (Å²) >= 11 is 10.3. The smallest absolute Gasteiger partial charge is 0.147 e. The van der Waals surface area contributed by atoms with Gasteiger partial charge in [-0.15, -0.1) is 0 Å². The average Bonchev–Trinajstić information content (AvgIpc) is 2.35. The summed E-state index contributed by atoms with van der Waals surface area (Å²) in [5.74, 6) is 1.01. The van der Waals surface area contributed by atoms with Gasteiger partial charge in [0.05, 0.1) is 15.6 Å². The highest BCUT2D eigenvalue weighted by atomic mass is 79.9. The monoisotopic (exact) mass is 470 g/mol. The second-order valence-corrected chi connectivity index (χ2v) is 7.64. The molecule has 0 saturated carbocycles. The standard InChI is InChI=1S/C13H17Br3N2O2/c1-13(2,12(17)18-19)4-3-5-20-11-9(15)6-8(14)7-10(11)16/h6-7,19H,3-5H2,1-2H3,(H2,17,18). The molecule has 1 aromatic rings. The molecule has 1 aromatic carbocycles. The Morgan fingerprint density at radius 2 is 1.85 bits per heavy atom. The second-order valence-electron chi connectivity index (χ2n) is 5.02. The van der Waals surface area contributed by atoms with Crippen molar-refractivity contribution in [2.75, 3.05) is 6.61 Å². The van der Waals surface area contributed by atoms with Gasteiger partial charge in [0.2, 0.25) is 0 Å². The molecule has 20 heavy (non-hydrogen) atoms. The maximum absolute atomic E-state index is 8.72. The first-order valence-electron chi connectivity index (χ1n) is 6.03. The van der Waals surface area contributed by atoms with Crippen LogP contribution in [0, 0.1) is 5.41 Å². The van der Waals surface area contributed by atoms with Gasteiger partial charge in [-0.05, 0) is 56.8 Å². The van der Waals surface area contributed by atoms with E-state index < -0.39 is 0 Å². The van der Waals surface area contributed by atoms with Crippen LogP contribution >= 0.6 is 47.8 Å². The maximum atomic E-state index is 8.72. The topological polar surface area (TPSA) is 67.8 Å². The summed E-state index contributed by atoms with van der Waals surface area (Å²) in [6.45, 7) is 4.43. The van der Waals surface area contributed by atoms with Crippen LogP contribution in [0.25, 0.3) is 0 Å². The Hall–Kier alpha value is -0.270. The highest BCUT2D eigenvalue weighted by molar-refractivity contribution is 9.11. The van der Waals surface area contributed by atoms with Gasteiger partial charge in [0.1, 0.15) is 11.6 Å². The van der Waals surface area contributed by atoms with Crippen LogP contribution in [0.15, 0.2) is 30.7 Å². The molecule has 0 aliphatic carbocycles. The van der Waals surface area contributed by atoms with E-state index in [0.717, 1.165) is 32.0 Å². The van der Waals surface area contributed by atoms with Crippen molar-refractivity contribution in [1.29, 1.82) is 0 Å². The number of nitrogens with two attached hydrogens (primary N) is 1. The number of hydrogen-bond donors (Lipinski definition) is 2. The molecule has 0 amide bonds. The molecule has 0 unspecified atom stereocenters. The molecule has 0 spiro atoms. The van der Waals surface area contributed by atoms with E-state index in [9.17, 15) is 0 Å². The van der Waals surface area contributed by atoms with E-state index in [1.54, 1.807) is 0 Å². The molecule has 0 heterocycles. The van der Waals surface area contributed by atoms with Crippen molar-refractivity contribution in [2.24, 2.45) is 16.3 Å². The Labute approximate surface area is 144 Å². The minimum atomic E-state index is -0.341. The molecule has 0 radical (unpaired) electrons. The van der Waals surface area contributed by atoms with Gasteiger partial charge in [0, 0.05) is 9.89 Å². The average molecular weight is 473 g/mol. The van der Waals surface area contributed by atoms with E-state index in [2.05, 4.69) is 52.9 Å². The fraction of sp³-hybridized carbons (Fsp3) is 0.462. The maximum Gasteiger partial charge on any atom is 0.147 e. The highest BCUT2D eigenvalue weighted by Gasteiger charge is 2.23. The summed E-state index contributed by atoms with van der Waals surface area (Å²) in [7, 11) is 0. The summed E-state index contributed by atoms with van der Waals surface area (Å²) in [4.78, 5) is 0. The number of rotatable bonds is 6. The lowest BCUT2D eigenvalue weighted by molar-refractivity contribution is 0.275. The predicted octanol–water partition coefficient (Wildman–Crippen LogP) is 4.91. The number of amidine groups is 1. The second kappa shape index (κ2) is 7.66. The molecule has 0 fully saturated rings. The number of benzene rings is 1. The lowest BCUT2D eigenvalue weighted by Gasteiger charge is -2.22. The third kappa shape index (κ3) is 4.93. The van der Waals surface area contributed by atoms with E-state index in [1.807, 2.05) is 26.0 Å². The van der Waals surface area contributed by atoms with E-state index in [0.29, 0.717) is 6.61 Å². The van der Waals surface area contributed by atoms with Crippen LogP contribution in [0.5, 0.6) is 5.75 Å². The first kappa shape index (κ1) is 17.8. The van der Waals surface area contributed by atoms with E-state index in [-0.39, 0.29) is 11.3 Å². The Morgan fingerprint density at radius 1 is 1.30 bits per heavy atom. The Balaban J connectivity index is 2.54. The van der Waals surface area contributed by atoms with Crippen LogP contribution in [-0.4, -0.2) is 17.6 Å². The van der Waals surface area contributed by atoms with E-state index in [1.165, 1.54) is 0 Å². The molecule has 0 bridgehead atoms. The van der Waals surface area contributed by atoms with Crippen molar-refractivity contribution in [3.05, 3.63) is 25.6 Å². The van der Waals surface area contributed by atoms with E-state index >= 15 is 0 Å². The van der Waals surface area contributed by atoms with Crippen LogP contribution in [0.3, 0.4) is 0 Å². The number of oxime groups is 1. The molecule has 0 aliphatic rings. The van der Waals surface area contributed by atoms with Crippen LogP contribution in [0.4, 0.5) is 0 Å². The van der Waals surface area contributed by atoms with Gasteiger partial charge in [-0.2, -0.15) is 0 Å². The Kier molecular flexibility index (Phi) is 6.81. The number of ether oxygens (including phenoxy) is 1. The third-order valence-corrected chi connectivity index (χ3v) is 4.59. The van der Waals surface area contributed by atoms with Gasteiger partial charge in [0.15, 0.2) is 0 Å². The summed E-state index contributed by atoms with van der Waals surface area (Å²) < 4.78 is 8.51. The van der Waals surface area contributed by atoms with Crippen molar-refractivity contribution in [3.63, 3.8) is 0 Å². The van der Waals surface area contributed by atoms with Gasteiger partial charge in [-0.1, -0.05) is 34.9 Å². The molecule has 7 heteroatoms. The summed E-state index contributed by atoms with van der Waals surface area (Å²) in [6, 6.07) is 3.86. The predicted molar refractivity (Wildman–Crippen MR) is 91.5 cm³/mol. The van der Waals surface area contributed by atoms with Crippen LogP contribution in [-0.2, 0) is 0 Å². The lowest BCUT2D eigenvalue weighted by atomic mass is 9.87. The normalized spacial score (nSPS) is 12.6. The van der Waals surface area contributed by atoms with Gasteiger partial charge in [0.25, 0.3) is 0 Å². The Morgan fingerprint density at radius 3 is 2.35 bits per heavy atom. The van der Waals surface area contributed by atoms with Crippen molar-refractivity contribution in [1.82, 2.24) is 0 Å². The third-order valence-electron chi connectivity index (χ3n) is 2.96. The van der Waals surface area contributed by atoms with Gasteiger partial charge in [-0.25, -0.2) is 0 Å². The first-order chi connectivity index (χ1) is 9.27. The molecule has 0 atom stereocenters. The molecule has 1 rings (SSSR count). The summed E-state index contributed by atoms with van der Waals surface area (Å²) in [6.07, 6.45) is 1.58. The van der Waals surface area contributed by atoms with Crippen molar-refractivity contribution in [2.45, 2.75) is 26.7 Å². The summed E-state index contributed by atoms with van der Waals surface area (Å²) in [5, 5.41) is 11.8. The molecule has 112 valence electrons. The largest absolute Gasteiger partial charge is 0.491 e. The lowest BCUT2D eigenvalue weighted by Crippen LogP contribution is -2.32. The zero-order valence-corrected chi connectivity index (χ0v) is 16.0. The molecule has 0 aromatic heterocycles. The molecular weight excluding hydrogens is 456 g/mol. The highest BCUT2D eigenvalue weighted by Crippen LogP contribution is 2.36. The van der Waals surface area contributed by atoms with Crippen molar-refractivity contribution in [3.8, 4) is 5.75 Å². The zero-order chi connectivity index (χ0) is 15.3. The number of hydrogen-bond acceptors (Lipinski definition) is 3. The van der Waals surface area contributed by atoms with Crippen LogP contribution in [0.1, 0.15) is 26.7 Å². The molecule has 3 N–H and O–H groups in total. The molecular formula is C13H17Br3N2O2. The van der Waals surface area contributed by atoms with Crippen molar-refractivity contribution < 1.29 is 9.94 Å². The first-order valence-corrected chi connectivity index (χ1v) is 8.41. The van der Waals surface area contributed by atoms with Crippen molar-refractivity contribution >= 4 is 53.6 Å². The van der Waals surface area contributed by atoms with Crippen LogP contribution in [0.2, 0.25) is 0 Å². The molecule has 4 nitrogen and oxygen atoms in total. The van der Waals surface area contributed by atoms with Crippen LogP contribution < -0.4 is 10.5 Å². The SMILES string of the molecule is CC(C)(CCCOc1c(Br)cc(Br)cc1Br)C(N)=NO. The number of nitrogens with zero attached hydrogens (tertiary/aromatic N) is 1. The van der Waals surface area contributed by atoms with Gasteiger partial charge in [-0.3, -0.25) is 0 Å². The van der Waals surface area contributed by atoms with Gasteiger partial charge >= 0.3 is 0 Å². The minimum absolute atomic E-state index is 0.239. The number of halogens is 3. The summed E-state index contributed by atoms with van der Waals surface area (Å²) in [5.41, 5.74) is 5.31.